The van der Waals surface area contributed by atoms with Crippen molar-refractivity contribution in [3.8, 4) is 0 Å². The van der Waals surface area contributed by atoms with E-state index in [9.17, 15) is 18.0 Å². The molecule has 3 heterocycles. The predicted molar refractivity (Wildman–Crippen MR) is 104 cm³/mol. The molecule has 2 aliphatic rings. The first-order valence-corrected chi connectivity index (χ1v) is 10.1. The van der Waals surface area contributed by atoms with Crippen LogP contribution >= 0.6 is 0 Å². The number of rotatable bonds is 2. The molecule has 1 aliphatic carbocycles. The van der Waals surface area contributed by atoms with Crippen LogP contribution in [-0.2, 0) is 6.18 Å². The summed E-state index contributed by atoms with van der Waals surface area (Å²) in [4.78, 5) is 14.8. The Hall–Kier alpha value is -2.90. The fraction of sp³-hybridized carbons (Fsp3) is 0.409. The maximum atomic E-state index is 13.4. The molecule has 0 N–H and O–H groups in total. The van der Waals surface area contributed by atoms with Crippen LogP contribution < -0.4 is 0 Å². The van der Waals surface area contributed by atoms with Crippen LogP contribution in [0.3, 0.4) is 0 Å². The van der Waals surface area contributed by atoms with Crippen molar-refractivity contribution in [3.05, 3.63) is 65.1 Å². The Morgan fingerprint density at radius 1 is 1.03 bits per heavy atom. The van der Waals surface area contributed by atoms with Gasteiger partial charge in [-0.3, -0.25) is 9.20 Å². The second-order valence-electron chi connectivity index (χ2n) is 8.44. The van der Waals surface area contributed by atoms with Crippen LogP contribution in [0.2, 0.25) is 0 Å². The lowest BCUT2D eigenvalue weighted by atomic mass is 9.91. The minimum atomic E-state index is -4.34. The SMILES string of the molecule is Cc1ccc2nnc(C(=O)N3CC4CC(c5ccccc5C(F)(F)F)CC4C3)n2c1. The minimum absolute atomic E-state index is 0.119. The number of aromatic nitrogens is 3. The van der Waals surface area contributed by atoms with Crippen molar-refractivity contribution in [1.29, 1.82) is 0 Å². The molecule has 5 nitrogen and oxygen atoms in total. The molecule has 2 fully saturated rings. The molecule has 3 aromatic rings. The molecule has 2 unspecified atom stereocenters. The summed E-state index contributed by atoms with van der Waals surface area (Å²) in [6, 6.07) is 9.61. The second-order valence-corrected chi connectivity index (χ2v) is 8.44. The van der Waals surface area contributed by atoms with Gasteiger partial charge in [0.05, 0.1) is 5.56 Å². The lowest BCUT2D eigenvalue weighted by molar-refractivity contribution is -0.138. The highest BCUT2D eigenvalue weighted by atomic mass is 19.4. The van der Waals surface area contributed by atoms with Crippen LogP contribution in [0, 0.1) is 18.8 Å². The topological polar surface area (TPSA) is 50.5 Å². The number of carbonyl (C=O) groups is 1. The fourth-order valence-electron chi connectivity index (χ4n) is 5.12. The molecular formula is C22H21F3N4O. The van der Waals surface area contributed by atoms with Crippen molar-refractivity contribution in [2.75, 3.05) is 13.1 Å². The number of amides is 1. The van der Waals surface area contributed by atoms with E-state index in [1.54, 1.807) is 21.4 Å². The average Bonchev–Trinajstić information content (AvgIpc) is 3.39. The summed E-state index contributed by atoms with van der Waals surface area (Å²) in [6.45, 7) is 3.04. The van der Waals surface area contributed by atoms with Gasteiger partial charge in [-0.25, -0.2) is 0 Å². The molecule has 156 valence electrons. The van der Waals surface area contributed by atoms with E-state index in [0.717, 1.165) is 11.6 Å². The maximum Gasteiger partial charge on any atom is 0.416 e. The zero-order chi connectivity index (χ0) is 21.0. The van der Waals surface area contributed by atoms with Crippen molar-refractivity contribution in [2.24, 2.45) is 11.8 Å². The highest BCUT2D eigenvalue weighted by molar-refractivity contribution is 5.91. The molecule has 8 heteroatoms. The van der Waals surface area contributed by atoms with Crippen molar-refractivity contribution in [3.63, 3.8) is 0 Å². The molecule has 1 amide bonds. The molecule has 5 rings (SSSR count). The van der Waals surface area contributed by atoms with Crippen LogP contribution in [0.5, 0.6) is 0 Å². The van der Waals surface area contributed by atoms with E-state index in [0.29, 0.717) is 37.1 Å². The quantitative estimate of drug-likeness (QED) is 0.628. The summed E-state index contributed by atoms with van der Waals surface area (Å²) in [5, 5.41) is 8.14. The van der Waals surface area contributed by atoms with E-state index in [2.05, 4.69) is 10.2 Å². The Morgan fingerprint density at radius 3 is 2.43 bits per heavy atom. The summed E-state index contributed by atoms with van der Waals surface area (Å²) in [6.07, 6.45) is -1.17. The van der Waals surface area contributed by atoms with Crippen molar-refractivity contribution in [1.82, 2.24) is 19.5 Å². The Morgan fingerprint density at radius 2 is 1.73 bits per heavy atom. The number of hydrogen-bond acceptors (Lipinski definition) is 3. The number of alkyl halides is 3. The van der Waals surface area contributed by atoms with Gasteiger partial charge in [0.15, 0.2) is 5.65 Å². The summed E-state index contributed by atoms with van der Waals surface area (Å²) < 4.78 is 41.9. The largest absolute Gasteiger partial charge is 0.416 e. The zero-order valence-electron chi connectivity index (χ0n) is 16.4. The normalized spacial score (nSPS) is 23.9. The van der Waals surface area contributed by atoms with E-state index in [-0.39, 0.29) is 29.5 Å². The molecule has 1 aliphatic heterocycles. The molecule has 1 aromatic carbocycles. The van der Waals surface area contributed by atoms with E-state index in [4.69, 9.17) is 0 Å². The van der Waals surface area contributed by atoms with Crippen molar-refractivity contribution >= 4 is 11.6 Å². The van der Waals surface area contributed by atoms with E-state index >= 15 is 0 Å². The molecular weight excluding hydrogens is 393 g/mol. The number of halogens is 3. The molecule has 30 heavy (non-hydrogen) atoms. The minimum Gasteiger partial charge on any atom is -0.335 e. The second kappa shape index (κ2) is 6.82. The first kappa shape index (κ1) is 19.1. The van der Waals surface area contributed by atoms with Gasteiger partial charge >= 0.3 is 6.18 Å². The van der Waals surface area contributed by atoms with Crippen LogP contribution in [0.4, 0.5) is 13.2 Å². The monoisotopic (exact) mass is 414 g/mol. The Balaban J connectivity index is 1.33. The van der Waals surface area contributed by atoms with Crippen molar-refractivity contribution in [2.45, 2.75) is 31.9 Å². The van der Waals surface area contributed by atoms with Gasteiger partial charge in [0, 0.05) is 19.3 Å². The number of pyridine rings is 1. The number of carbonyl (C=O) groups excluding carboxylic acids is 1. The molecule has 1 saturated carbocycles. The number of fused-ring (bicyclic) bond motifs is 2. The van der Waals surface area contributed by atoms with Crippen LogP contribution in [-0.4, -0.2) is 38.5 Å². The van der Waals surface area contributed by atoms with Crippen LogP contribution in [0.15, 0.2) is 42.6 Å². The number of aryl methyl sites for hydroxylation is 1. The highest BCUT2D eigenvalue weighted by Crippen LogP contribution is 2.49. The van der Waals surface area contributed by atoms with Crippen LogP contribution in [0.25, 0.3) is 5.65 Å². The summed E-state index contributed by atoms with van der Waals surface area (Å²) >= 11 is 0. The van der Waals surface area contributed by atoms with Gasteiger partial charge in [0.2, 0.25) is 5.82 Å². The standard InChI is InChI=1S/C22H21F3N4O/c1-13-6-7-19-26-27-20(29(19)10-13)21(30)28-11-15-8-14(9-16(15)12-28)17-4-2-3-5-18(17)22(23,24)25/h2-7,10,14-16H,8-9,11-12H2,1H3. The number of hydrogen-bond donors (Lipinski definition) is 0. The number of benzene rings is 1. The lowest BCUT2D eigenvalue weighted by Gasteiger charge is -2.21. The Bertz CT molecular complexity index is 1110. The van der Waals surface area contributed by atoms with E-state index < -0.39 is 11.7 Å². The maximum absolute atomic E-state index is 13.4. The van der Waals surface area contributed by atoms with Gasteiger partial charge < -0.3 is 4.90 Å². The van der Waals surface area contributed by atoms with Gasteiger partial charge in [-0.1, -0.05) is 24.3 Å². The third-order valence-electron chi connectivity index (χ3n) is 6.49. The van der Waals surface area contributed by atoms with Gasteiger partial charge in [-0.2, -0.15) is 13.2 Å². The Labute approximate surface area is 171 Å². The number of likely N-dealkylation sites (tertiary alicyclic amines) is 1. The zero-order valence-corrected chi connectivity index (χ0v) is 16.4. The van der Waals surface area contributed by atoms with E-state index in [1.165, 1.54) is 6.07 Å². The molecule has 0 bridgehead atoms. The third-order valence-corrected chi connectivity index (χ3v) is 6.49. The highest BCUT2D eigenvalue weighted by Gasteiger charge is 2.45. The van der Waals surface area contributed by atoms with Crippen LogP contribution in [0.1, 0.15) is 46.1 Å². The first-order valence-electron chi connectivity index (χ1n) is 10.1. The first-order chi connectivity index (χ1) is 14.3. The third kappa shape index (κ3) is 3.14. The molecule has 2 atom stereocenters. The molecule has 0 spiro atoms. The molecule has 1 saturated heterocycles. The summed E-state index contributed by atoms with van der Waals surface area (Å²) in [5.41, 5.74) is 1.47. The fourth-order valence-corrected chi connectivity index (χ4v) is 5.12. The Kier molecular flexibility index (Phi) is 4.34. The van der Waals surface area contributed by atoms with Gasteiger partial charge in [-0.15, -0.1) is 10.2 Å². The smallest absolute Gasteiger partial charge is 0.335 e. The average molecular weight is 414 g/mol. The van der Waals surface area contributed by atoms with E-state index in [1.807, 2.05) is 25.3 Å². The summed E-state index contributed by atoms with van der Waals surface area (Å²) in [5.74, 6) is 0.413. The number of nitrogens with zero attached hydrogens (tertiary/aromatic N) is 4. The molecule has 0 radical (unpaired) electrons. The van der Waals surface area contributed by atoms with Gasteiger partial charge in [0.25, 0.3) is 5.91 Å². The summed E-state index contributed by atoms with van der Waals surface area (Å²) in [7, 11) is 0. The predicted octanol–water partition coefficient (Wildman–Crippen LogP) is 4.32. The van der Waals surface area contributed by atoms with Crippen molar-refractivity contribution < 1.29 is 18.0 Å². The molecule has 2 aromatic heterocycles. The lowest BCUT2D eigenvalue weighted by Crippen LogP contribution is -2.31. The van der Waals surface area contributed by atoms with Gasteiger partial charge in [0.1, 0.15) is 0 Å². The van der Waals surface area contributed by atoms with Gasteiger partial charge in [-0.05, 0) is 60.8 Å².